The largest absolute Gasteiger partial charge is 0.424 e. The first-order valence-electron chi connectivity index (χ1n) is 10.2. The molecule has 0 spiro atoms. The maximum atomic E-state index is 12.3. The highest BCUT2D eigenvalue weighted by Gasteiger charge is 2.22. The van der Waals surface area contributed by atoms with Crippen LogP contribution in [0.3, 0.4) is 0 Å². The van der Waals surface area contributed by atoms with Crippen molar-refractivity contribution in [3.8, 4) is 5.75 Å². The number of carbonyl (C=O) groups excluding carboxylic acids is 2. The van der Waals surface area contributed by atoms with Gasteiger partial charge < -0.3 is 19.8 Å². The molecule has 4 aromatic rings. The lowest BCUT2D eigenvalue weighted by Gasteiger charge is -2.11. The van der Waals surface area contributed by atoms with Gasteiger partial charge in [-0.1, -0.05) is 42.5 Å². The number of primary amides is 1. The Morgan fingerprint density at radius 2 is 1.74 bits per heavy atom. The highest BCUT2D eigenvalue weighted by Crippen LogP contribution is 2.39. The zero-order valence-electron chi connectivity index (χ0n) is 17.6. The first kappa shape index (κ1) is 20.6. The maximum Gasteiger partial charge on any atom is 0.337 e. The second-order valence-electron chi connectivity index (χ2n) is 7.35. The average molecular weight is 416 g/mol. The Bertz CT molecular complexity index is 1280. The van der Waals surface area contributed by atoms with Gasteiger partial charge in [0, 0.05) is 24.1 Å². The molecule has 6 heteroatoms. The molecule has 6 nitrogen and oxygen atoms in total. The van der Waals surface area contributed by atoms with Crippen LogP contribution in [0.15, 0.2) is 60.7 Å². The lowest BCUT2D eigenvalue weighted by molar-refractivity contribution is -0.139. The number of carbonyl (C=O) groups is 2. The predicted molar refractivity (Wildman–Crippen MR) is 120 cm³/mol. The predicted octanol–water partition coefficient (Wildman–Crippen LogP) is 4.19. The molecular formula is C25H24N2O4. The molecule has 0 aliphatic heterocycles. The summed E-state index contributed by atoms with van der Waals surface area (Å²) in [5.74, 6) is -0.638. The minimum Gasteiger partial charge on any atom is -0.424 e. The number of hydrogen-bond donors (Lipinski definition) is 1. The van der Waals surface area contributed by atoms with E-state index in [0.29, 0.717) is 35.2 Å². The molecule has 0 saturated heterocycles. The molecule has 158 valence electrons. The minimum atomic E-state index is -0.530. The number of aryl methyl sites for hydroxylation is 1. The van der Waals surface area contributed by atoms with Crippen molar-refractivity contribution in [1.29, 1.82) is 0 Å². The smallest absolute Gasteiger partial charge is 0.337 e. The third kappa shape index (κ3) is 3.90. The van der Waals surface area contributed by atoms with Gasteiger partial charge in [0.2, 0.25) is 5.91 Å². The summed E-state index contributed by atoms with van der Waals surface area (Å²) < 4.78 is 13.0. The number of rotatable bonds is 7. The first-order chi connectivity index (χ1) is 15.0. The fourth-order valence-electron chi connectivity index (χ4n) is 3.97. The van der Waals surface area contributed by atoms with Crippen molar-refractivity contribution in [3.05, 3.63) is 77.4 Å². The monoisotopic (exact) mass is 416 g/mol. The Hall–Kier alpha value is -3.64. The molecule has 1 heterocycles. The van der Waals surface area contributed by atoms with Gasteiger partial charge in [0.25, 0.3) is 0 Å². The quantitative estimate of drug-likeness (QED) is 0.362. The van der Waals surface area contributed by atoms with E-state index < -0.39 is 11.9 Å². The Balaban J connectivity index is 2.01. The molecule has 0 bridgehead atoms. The van der Waals surface area contributed by atoms with Gasteiger partial charge in [0.05, 0.1) is 16.4 Å². The van der Waals surface area contributed by atoms with E-state index in [9.17, 15) is 9.59 Å². The van der Waals surface area contributed by atoms with Crippen molar-refractivity contribution >= 4 is 33.7 Å². The van der Waals surface area contributed by atoms with Gasteiger partial charge in [-0.15, -0.1) is 0 Å². The van der Waals surface area contributed by atoms with E-state index in [4.69, 9.17) is 15.2 Å². The van der Waals surface area contributed by atoms with Gasteiger partial charge in [-0.3, -0.25) is 4.79 Å². The summed E-state index contributed by atoms with van der Waals surface area (Å²) in [6.07, 6.45) is 0. The molecule has 0 unspecified atom stereocenters. The zero-order chi connectivity index (χ0) is 22.0. The number of nitrogens with two attached hydrogens (primary N) is 1. The SMILES string of the molecule is CCOCC(=O)Oc1ccc(C)c2c1c1c(C(N)=O)cccc1n2Cc1ccccc1. The second kappa shape index (κ2) is 8.62. The maximum absolute atomic E-state index is 12.3. The topological polar surface area (TPSA) is 83.6 Å². The lowest BCUT2D eigenvalue weighted by atomic mass is 10.0. The summed E-state index contributed by atoms with van der Waals surface area (Å²) in [5, 5.41) is 1.38. The van der Waals surface area contributed by atoms with Crippen LogP contribution >= 0.6 is 0 Å². The molecule has 0 aliphatic rings. The molecule has 3 aromatic carbocycles. The number of nitrogens with zero attached hydrogens (tertiary/aromatic N) is 1. The highest BCUT2D eigenvalue weighted by atomic mass is 16.6. The fraction of sp³-hybridized carbons (Fsp3) is 0.200. The third-order valence-corrected chi connectivity index (χ3v) is 5.29. The van der Waals surface area contributed by atoms with Gasteiger partial charge in [0.15, 0.2) is 0 Å². The van der Waals surface area contributed by atoms with Crippen molar-refractivity contribution in [2.75, 3.05) is 13.2 Å². The van der Waals surface area contributed by atoms with Crippen molar-refractivity contribution in [1.82, 2.24) is 4.57 Å². The van der Waals surface area contributed by atoms with Crippen molar-refractivity contribution in [3.63, 3.8) is 0 Å². The number of fused-ring (bicyclic) bond motifs is 3. The molecule has 0 radical (unpaired) electrons. The minimum absolute atomic E-state index is 0.142. The summed E-state index contributed by atoms with van der Waals surface area (Å²) in [6.45, 7) is 4.68. The molecule has 1 aromatic heterocycles. The average Bonchev–Trinajstić information content (AvgIpc) is 3.10. The molecule has 0 atom stereocenters. The van der Waals surface area contributed by atoms with Crippen LogP contribution in [0.5, 0.6) is 5.75 Å². The number of aromatic nitrogens is 1. The van der Waals surface area contributed by atoms with E-state index >= 15 is 0 Å². The normalized spacial score (nSPS) is 11.2. The van der Waals surface area contributed by atoms with Gasteiger partial charge >= 0.3 is 5.97 Å². The van der Waals surface area contributed by atoms with Crippen LogP contribution in [0.1, 0.15) is 28.4 Å². The van der Waals surface area contributed by atoms with Gasteiger partial charge in [-0.05, 0) is 43.2 Å². The van der Waals surface area contributed by atoms with E-state index in [2.05, 4.69) is 16.7 Å². The number of ether oxygens (including phenoxy) is 2. The number of esters is 1. The Morgan fingerprint density at radius 1 is 0.968 bits per heavy atom. The molecular weight excluding hydrogens is 392 g/mol. The van der Waals surface area contributed by atoms with Crippen LogP contribution in [-0.2, 0) is 16.1 Å². The van der Waals surface area contributed by atoms with Crippen LogP contribution in [0, 0.1) is 6.92 Å². The Kier molecular flexibility index (Phi) is 5.73. The molecule has 0 aliphatic carbocycles. The van der Waals surface area contributed by atoms with E-state index in [1.54, 1.807) is 12.1 Å². The van der Waals surface area contributed by atoms with Crippen molar-refractivity contribution < 1.29 is 19.1 Å². The van der Waals surface area contributed by atoms with Crippen LogP contribution in [0.4, 0.5) is 0 Å². The van der Waals surface area contributed by atoms with Crippen LogP contribution < -0.4 is 10.5 Å². The Labute approximate surface area is 180 Å². The third-order valence-electron chi connectivity index (χ3n) is 5.29. The number of hydrogen-bond acceptors (Lipinski definition) is 4. The van der Waals surface area contributed by atoms with Crippen LogP contribution in [0.25, 0.3) is 21.8 Å². The lowest BCUT2D eigenvalue weighted by Crippen LogP contribution is -2.16. The number of benzene rings is 3. The standard InChI is InChI=1S/C25H24N2O4/c1-3-30-15-21(28)31-20-13-12-16(2)24-23(20)22-18(25(26)29)10-7-11-19(22)27(24)14-17-8-5-4-6-9-17/h4-13H,3,14-15H2,1-2H3,(H2,26,29). The van der Waals surface area contributed by atoms with Crippen LogP contribution in [-0.4, -0.2) is 29.7 Å². The molecule has 2 N–H and O–H groups in total. The highest BCUT2D eigenvalue weighted by molar-refractivity contribution is 6.20. The van der Waals surface area contributed by atoms with Crippen molar-refractivity contribution in [2.24, 2.45) is 5.73 Å². The van der Waals surface area contributed by atoms with E-state index in [1.807, 2.05) is 50.2 Å². The summed E-state index contributed by atoms with van der Waals surface area (Å²) in [5.41, 5.74) is 9.97. The van der Waals surface area contributed by atoms with E-state index in [1.165, 1.54) is 0 Å². The van der Waals surface area contributed by atoms with Gasteiger partial charge in [0.1, 0.15) is 12.4 Å². The second-order valence-corrected chi connectivity index (χ2v) is 7.35. The summed E-state index contributed by atoms with van der Waals surface area (Å²) in [7, 11) is 0. The molecule has 31 heavy (non-hydrogen) atoms. The van der Waals surface area contributed by atoms with E-state index in [0.717, 1.165) is 22.2 Å². The first-order valence-corrected chi connectivity index (χ1v) is 10.2. The zero-order valence-corrected chi connectivity index (χ0v) is 17.6. The molecule has 0 saturated carbocycles. The van der Waals surface area contributed by atoms with E-state index in [-0.39, 0.29) is 6.61 Å². The molecule has 0 fully saturated rings. The van der Waals surface area contributed by atoms with Crippen molar-refractivity contribution in [2.45, 2.75) is 20.4 Å². The summed E-state index contributed by atoms with van der Waals surface area (Å²) >= 11 is 0. The molecule has 4 rings (SSSR count). The Morgan fingerprint density at radius 3 is 2.45 bits per heavy atom. The molecule has 1 amide bonds. The summed E-state index contributed by atoms with van der Waals surface area (Å²) in [6, 6.07) is 19.2. The fourth-order valence-corrected chi connectivity index (χ4v) is 3.97. The number of amides is 1. The van der Waals surface area contributed by atoms with Gasteiger partial charge in [-0.2, -0.15) is 0 Å². The van der Waals surface area contributed by atoms with Crippen LogP contribution in [0.2, 0.25) is 0 Å². The van der Waals surface area contributed by atoms with Gasteiger partial charge in [-0.25, -0.2) is 4.79 Å². The summed E-state index contributed by atoms with van der Waals surface area (Å²) in [4.78, 5) is 24.6.